The highest BCUT2D eigenvalue weighted by Gasteiger charge is 2.18. The molecule has 238 valence electrons. The summed E-state index contributed by atoms with van der Waals surface area (Å²) in [6.07, 6.45) is 9.85. The van der Waals surface area contributed by atoms with Crippen molar-refractivity contribution in [1.29, 1.82) is 0 Å². The summed E-state index contributed by atoms with van der Waals surface area (Å²) in [5.41, 5.74) is 13.7. The number of esters is 2. The quantitative estimate of drug-likeness (QED) is 0.177. The number of H-pyrrole nitrogens is 2. The number of nitrogens with zero attached hydrogens (tertiary/aromatic N) is 3. The molecule has 0 saturated heterocycles. The van der Waals surface area contributed by atoms with Gasteiger partial charge in [0.15, 0.2) is 0 Å². The molecule has 9 nitrogen and oxygen atoms in total. The highest BCUT2D eigenvalue weighted by molar-refractivity contribution is 7.13. The molecule has 4 aromatic heterocycles. The Balaban J connectivity index is 1.44. The van der Waals surface area contributed by atoms with Crippen LogP contribution in [0.4, 0.5) is 0 Å². The van der Waals surface area contributed by atoms with E-state index in [1.807, 2.05) is 90.6 Å². The van der Waals surface area contributed by atoms with Crippen molar-refractivity contribution < 1.29 is 19.1 Å². The number of hydrogen-bond donors (Lipinski definition) is 2. The third-order valence-electron chi connectivity index (χ3n) is 8.44. The zero-order valence-corrected chi connectivity index (χ0v) is 27.2. The number of fused-ring (bicyclic) bond motifs is 8. The van der Waals surface area contributed by atoms with Crippen LogP contribution in [0.5, 0.6) is 0 Å². The van der Waals surface area contributed by atoms with Crippen molar-refractivity contribution in [3.8, 4) is 32.7 Å². The Morgan fingerprint density at radius 1 is 0.612 bits per heavy atom. The van der Waals surface area contributed by atoms with E-state index in [0.29, 0.717) is 11.1 Å². The SMILES string of the molecule is COC(=O)c1ccc(-c2c3nc(c(-c4cncs4)c4ccc([nH]4)c(-c4ccc(C(=O)OC)cc4)c4nc(cc5ccc2[nH]5)C=C4)C=C3)cc1. The van der Waals surface area contributed by atoms with Crippen LogP contribution in [0.3, 0.4) is 0 Å². The summed E-state index contributed by atoms with van der Waals surface area (Å²) in [5, 5.41) is 0. The first kappa shape index (κ1) is 30.0. The van der Waals surface area contributed by atoms with Gasteiger partial charge in [0.05, 0.1) is 58.5 Å². The van der Waals surface area contributed by atoms with E-state index in [9.17, 15) is 9.59 Å². The molecule has 2 aliphatic rings. The summed E-state index contributed by atoms with van der Waals surface area (Å²) in [6.45, 7) is 0. The predicted molar refractivity (Wildman–Crippen MR) is 194 cm³/mol. The zero-order valence-electron chi connectivity index (χ0n) is 26.4. The Morgan fingerprint density at radius 2 is 1.14 bits per heavy atom. The summed E-state index contributed by atoms with van der Waals surface area (Å²) in [4.78, 5) is 47.2. The number of aromatic nitrogens is 5. The molecule has 8 rings (SSSR count). The van der Waals surface area contributed by atoms with E-state index in [-0.39, 0.29) is 0 Å². The molecule has 0 atom stereocenters. The van der Waals surface area contributed by atoms with Crippen molar-refractivity contribution in [3.63, 3.8) is 0 Å². The van der Waals surface area contributed by atoms with Gasteiger partial charge in [-0.2, -0.15) is 0 Å². The van der Waals surface area contributed by atoms with Gasteiger partial charge in [-0.05, 0) is 90.0 Å². The second-order valence-electron chi connectivity index (χ2n) is 11.4. The Morgan fingerprint density at radius 3 is 1.73 bits per heavy atom. The molecule has 0 unspecified atom stereocenters. The lowest BCUT2D eigenvalue weighted by Crippen LogP contribution is -2.00. The van der Waals surface area contributed by atoms with Crippen molar-refractivity contribution in [2.45, 2.75) is 0 Å². The fraction of sp³-hybridized carbons (Fsp3) is 0.0513. The number of hydrogen-bond acceptors (Lipinski definition) is 8. The molecule has 0 amide bonds. The van der Waals surface area contributed by atoms with Crippen molar-refractivity contribution in [3.05, 3.63) is 124 Å². The van der Waals surface area contributed by atoms with Crippen LogP contribution >= 0.6 is 11.3 Å². The molecular formula is C39H27N5O4S. The molecule has 10 heteroatoms. The van der Waals surface area contributed by atoms with Crippen LogP contribution in [-0.4, -0.2) is 51.1 Å². The molecule has 0 aliphatic carbocycles. The number of benzene rings is 2. The third-order valence-corrected chi connectivity index (χ3v) is 9.23. The van der Waals surface area contributed by atoms with Gasteiger partial charge in [-0.15, -0.1) is 11.3 Å². The van der Waals surface area contributed by atoms with Gasteiger partial charge < -0.3 is 19.4 Å². The van der Waals surface area contributed by atoms with Crippen LogP contribution < -0.4 is 0 Å². The largest absolute Gasteiger partial charge is 0.465 e. The normalized spacial score (nSPS) is 11.9. The smallest absolute Gasteiger partial charge is 0.337 e. The minimum Gasteiger partial charge on any atom is -0.465 e. The Labute approximate surface area is 284 Å². The van der Waals surface area contributed by atoms with Gasteiger partial charge in [-0.3, -0.25) is 4.98 Å². The molecule has 0 radical (unpaired) electrons. The molecular weight excluding hydrogens is 635 g/mol. The third kappa shape index (κ3) is 5.53. The van der Waals surface area contributed by atoms with E-state index in [1.54, 1.807) is 24.3 Å². The average molecular weight is 662 g/mol. The van der Waals surface area contributed by atoms with E-state index >= 15 is 0 Å². The second kappa shape index (κ2) is 12.3. The number of rotatable bonds is 5. The Hall–Kier alpha value is -6.39. The average Bonchev–Trinajstić information content (AvgIpc) is 3.98. The van der Waals surface area contributed by atoms with Crippen molar-refractivity contribution >= 4 is 69.6 Å². The lowest BCUT2D eigenvalue weighted by Gasteiger charge is -2.06. The van der Waals surface area contributed by atoms with Gasteiger partial charge in [0.25, 0.3) is 0 Å². The maximum atomic E-state index is 12.2. The molecule has 2 aromatic carbocycles. The van der Waals surface area contributed by atoms with E-state index in [4.69, 9.17) is 19.4 Å². The van der Waals surface area contributed by atoms with E-state index in [2.05, 4.69) is 15.0 Å². The van der Waals surface area contributed by atoms with E-state index < -0.39 is 11.9 Å². The molecule has 2 N–H and O–H groups in total. The number of carbonyl (C=O) groups is 2. The maximum absolute atomic E-state index is 12.2. The topological polar surface area (TPSA) is 123 Å². The summed E-state index contributed by atoms with van der Waals surface area (Å²) < 4.78 is 9.84. The van der Waals surface area contributed by atoms with Crippen LogP contribution in [0.1, 0.15) is 43.5 Å². The molecule has 2 aliphatic heterocycles. The predicted octanol–water partition coefficient (Wildman–Crippen LogP) is 8.69. The monoisotopic (exact) mass is 661 g/mol. The fourth-order valence-electron chi connectivity index (χ4n) is 6.13. The molecule has 8 bridgehead atoms. The standard InChI is InChI=1S/C39H27N5O4S/c1-47-38(45)24-7-3-22(4-8-24)35-28-13-11-26(41-28)19-27-12-14-29(42-27)36(23-5-9-25(10-6-23)39(46)48-2)31-16-18-33(44-31)37(34-20-40-21-49-34)32-17-15-30(35)43-32/h3-21,41,44H,1-2H3. The van der Waals surface area contributed by atoms with Crippen LogP contribution in [0.25, 0.3) is 79.1 Å². The van der Waals surface area contributed by atoms with Gasteiger partial charge in [0.2, 0.25) is 0 Å². The summed E-state index contributed by atoms with van der Waals surface area (Å²) in [7, 11) is 2.74. The fourth-order valence-corrected chi connectivity index (χ4v) is 6.82. The number of ether oxygens (including phenoxy) is 2. The van der Waals surface area contributed by atoms with Gasteiger partial charge in [-0.25, -0.2) is 19.6 Å². The number of thiazole rings is 1. The molecule has 6 heterocycles. The van der Waals surface area contributed by atoms with Crippen molar-refractivity contribution in [2.24, 2.45) is 0 Å². The lowest BCUT2D eigenvalue weighted by molar-refractivity contribution is 0.0592. The minimum atomic E-state index is -0.394. The Kier molecular flexibility index (Phi) is 7.54. The highest BCUT2D eigenvalue weighted by Crippen LogP contribution is 2.37. The van der Waals surface area contributed by atoms with Crippen LogP contribution in [-0.2, 0) is 9.47 Å². The highest BCUT2D eigenvalue weighted by atomic mass is 32.1. The number of methoxy groups -OCH3 is 2. The van der Waals surface area contributed by atoms with E-state index in [0.717, 1.165) is 77.5 Å². The van der Waals surface area contributed by atoms with Crippen LogP contribution in [0.2, 0.25) is 0 Å². The van der Waals surface area contributed by atoms with Gasteiger partial charge in [-0.1, -0.05) is 24.3 Å². The van der Waals surface area contributed by atoms with Crippen molar-refractivity contribution in [2.75, 3.05) is 14.2 Å². The molecule has 49 heavy (non-hydrogen) atoms. The summed E-state index contributed by atoms with van der Waals surface area (Å²) in [6, 6.07) is 24.8. The first-order valence-electron chi connectivity index (χ1n) is 15.4. The van der Waals surface area contributed by atoms with Crippen LogP contribution in [0.15, 0.2) is 90.6 Å². The van der Waals surface area contributed by atoms with Gasteiger partial charge in [0.1, 0.15) is 0 Å². The maximum Gasteiger partial charge on any atom is 0.337 e. The number of aromatic amines is 2. The summed E-state index contributed by atoms with van der Waals surface area (Å²) >= 11 is 1.53. The van der Waals surface area contributed by atoms with E-state index in [1.165, 1.54) is 25.6 Å². The molecule has 6 aromatic rings. The van der Waals surface area contributed by atoms with Gasteiger partial charge >= 0.3 is 11.9 Å². The Bertz CT molecular complexity index is 2430. The first-order valence-corrected chi connectivity index (χ1v) is 16.3. The summed E-state index contributed by atoms with van der Waals surface area (Å²) in [5.74, 6) is -0.788. The van der Waals surface area contributed by atoms with Crippen molar-refractivity contribution in [1.82, 2.24) is 24.9 Å². The molecule has 0 fully saturated rings. The van der Waals surface area contributed by atoms with Crippen LogP contribution in [0, 0.1) is 0 Å². The second-order valence-corrected chi connectivity index (χ2v) is 12.2. The number of nitrogens with one attached hydrogen (secondary N) is 2. The lowest BCUT2D eigenvalue weighted by atomic mass is 10.0. The van der Waals surface area contributed by atoms with Gasteiger partial charge in [0, 0.05) is 45.0 Å². The minimum absolute atomic E-state index is 0.394. The first-order chi connectivity index (χ1) is 24.0. The zero-order chi connectivity index (χ0) is 33.5. The number of carbonyl (C=O) groups excluding carboxylic acids is 2. The molecule has 0 saturated carbocycles. The molecule has 0 spiro atoms.